The van der Waals surface area contributed by atoms with E-state index in [2.05, 4.69) is 40.7 Å². The summed E-state index contributed by atoms with van der Waals surface area (Å²) in [5, 5.41) is 3.05. The number of hydrogen-bond donors (Lipinski definition) is 1. The lowest BCUT2D eigenvalue weighted by molar-refractivity contribution is -0.113. The van der Waals surface area contributed by atoms with E-state index < -0.39 is 0 Å². The summed E-state index contributed by atoms with van der Waals surface area (Å²) in [6.45, 7) is 1.93. The normalized spacial score (nSPS) is 30.7. The molecule has 3 aliphatic rings. The number of rotatable bonds is 2. The molecule has 0 spiro atoms. The molecule has 0 bridgehead atoms. The maximum atomic E-state index is 12.7. The molecule has 1 saturated carbocycles. The molecule has 1 aromatic heterocycles. The first-order valence-corrected chi connectivity index (χ1v) is 9.51. The van der Waals surface area contributed by atoms with Gasteiger partial charge in [0.15, 0.2) is 0 Å². The lowest BCUT2D eigenvalue weighted by atomic mass is 9.69. The Hall–Kier alpha value is -2.16. The van der Waals surface area contributed by atoms with Gasteiger partial charge in [0.1, 0.15) is 0 Å². The zero-order valence-corrected chi connectivity index (χ0v) is 14.8. The van der Waals surface area contributed by atoms with Crippen LogP contribution in [0.2, 0.25) is 0 Å². The molecule has 4 atom stereocenters. The van der Waals surface area contributed by atoms with Gasteiger partial charge in [0.25, 0.3) is 5.91 Å². The van der Waals surface area contributed by atoms with E-state index in [9.17, 15) is 4.79 Å². The van der Waals surface area contributed by atoms with E-state index >= 15 is 0 Å². The number of carbonyl (C=O) groups excluding carboxylic acids is 1. The fourth-order valence-corrected chi connectivity index (χ4v) is 4.79. The average molecular weight is 334 g/mol. The molecule has 3 aliphatic carbocycles. The van der Waals surface area contributed by atoms with Gasteiger partial charge in [0.05, 0.1) is 11.4 Å². The van der Waals surface area contributed by atoms with Crippen LogP contribution in [0.3, 0.4) is 0 Å². The van der Waals surface area contributed by atoms with Crippen molar-refractivity contribution in [1.82, 2.24) is 4.98 Å². The third-order valence-corrected chi connectivity index (χ3v) is 6.13. The molecule has 1 heterocycles. The number of anilines is 1. The van der Waals surface area contributed by atoms with Crippen molar-refractivity contribution in [2.45, 2.75) is 39.0 Å². The van der Waals surface area contributed by atoms with Gasteiger partial charge in [-0.05, 0) is 68.4 Å². The van der Waals surface area contributed by atoms with Gasteiger partial charge in [-0.1, -0.05) is 36.8 Å². The summed E-state index contributed by atoms with van der Waals surface area (Å²) in [5.74, 6) is 2.62. The molecule has 3 nitrogen and oxygen atoms in total. The Morgan fingerprint density at radius 2 is 2.00 bits per heavy atom. The van der Waals surface area contributed by atoms with E-state index in [0.717, 1.165) is 29.8 Å². The van der Waals surface area contributed by atoms with Crippen LogP contribution in [0, 0.1) is 30.6 Å². The monoisotopic (exact) mass is 334 g/mol. The molecule has 1 aromatic rings. The van der Waals surface area contributed by atoms with E-state index in [1.165, 1.54) is 19.3 Å². The van der Waals surface area contributed by atoms with Gasteiger partial charge in [-0.3, -0.25) is 9.78 Å². The van der Waals surface area contributed by atoms with Gasteiger partial charge in [0, 0.05) is 11.8 Å². The highest BCUT2D eigenvalue weighted by Crippen LogP contribution is 2.45. The predicted molar refractivity (Wildman–Crippen MR) is 101 cm³/mol. The summed E-state index contributed by atoms with van der Waals surface area (Å²) in [7, 11) is 0. The molecule has 4 unspecified atom stereocenters. The van der Waals surface area contributed by atoms with Crippen LogP contribution in [0.25, 0.3) is 0 Å². The number of amides is 1. The summed E-state index contributed by atoms with van der Waals surface area (Å²) in [6.07, 6.45) is 19.0. The molecule has 0 saturated heterocycles. The lowest BCUT2D eigenvalue weighted by Gasteiger charge is -2.36. The second kappa shape index (κ2) is 6.99. The van der Waals surface area contributed by atoms with Gasteiger partial charge in [-0.25, -0.2) is 0 Å². The smallest absolute Gasteiger partial charge is 0.251 e. The van der Waals surface area contributed by atoms with Gasteiger partial charge in [-0.2, -0.15) is 0 Å². The largest absolute Gasteiger partial charge is 0.321 e. The van der Waals surface area contributed by atoms with Gasteiger partial charge in [0.2, 0.25) is 0 Å². The average Bonchev–Trinajstić information content (AvgIpc) is 2.82. The molecule has 0 aliphatic heterocycles. The summed E-state index contributed by atoms with van der Waals surface area (Å²) < 4.78 is 0. The van der Waals surface area contributed by atoms with Crippen LogP contribution in [-0.2, 0) is 4.79 Å². The Kier molecular flexibility index (Phi) is 4.56. The fraction of sp³-hybridized carbons (Fsp3) is 0.455. The molecule has 0 aromatic carbocycles. The number of nitrogens with zero attached hydrogens (tertiary/aromatic N) is 1. The van der Waals surface area contributed by atoms with Crippen molar-refractivity contribution >= 4 is 11.6 Å². The number of nitrogens with one attached hydrogen (secondary N) is 1. The molecule has 130 valence electrons. The van der Waals surface area contributed by atoms with Crippen LogP contribution in [0.1, 0.15) is 37.8 Å². The first kappa shape index (κ1) is 16.3. The molecular weight excluding hydrogens is 308 g/mol. The zero-order chi connectivity index (χ0) is 17.2. The number of aromatic nitrogens is 1. The number of pyridine rings is 1. The van der Waals surface area contributed by atoms with E-state index in [0.29, 0.717) is 23.7 Å². The highest BCUT2D eigenvalue weighted by atomic mass is 16.1. The quantitative estimate of drug-likeness (QED) is 0.842. The molecule has 0 radical (unpaired) electrons. The minimum atomic E-state index is 0.0504. The Bertz CT molecular complexity index is 746. The van der Waals surface area contributed by atoms with Gasteiger partial charge in [-0.15, -0.1) is 0 Å². The second-order valence-corrected chi connectivity index (χ2v) is 7.59. The number of fused-ring (bicyclic) bond motifs is 3. The summed E-state index contributed by atoms with van der Waals surface area (Å²) >= 11 is 0. The van der Waals surface area contributed by atoms with Crippen LogP contribution in [0.5, 0.6) is 0 Å². The Morgan fingerprint density at radius 1 is 1.16 bits per heavy atom. The third kappa shape index (κ3) is 3.33. The fourth-order valence-electron chi connectivity index (χ4n) is 4.79. The van der Waals surface area contributed by atoms with Crippen LogP contribution in [0.4, 0.5) is 5.69 Å². The highest BCUT2D eigenvalue weighted by Gasteiger charge is 2.37. The minimum Gasteiger partial charge on any atom is -0.321 e. The topological polar surface area (TPSA) is 42.0 Å². The number of allylic oxidation sites excluding steroid dienone is 5. The molecule has 1 N–H and O–H groups in total. The predicted octanol–water partition coefficient (Wildman–Crippen LogP) is 4.82. The molecule has 1 fully saturated rings. The Balaban J connectivity index is 1.51. The molecule has 3 heteroatoms. The van der Waals surface area contributed by atoms with E-state index in [1.54, 1.807) is 6.20 Å². The van der Waals surface area contributed by atoms with Crippen molar-refractivity contribution in [3.05, 3.63) is 60.0 Å². The van der Waals surface area contributed by atoms with Crippen molar-refractivity contribution in [2.24, 2.45) is 23.7 Å². The third-order valence-electron chi connectivity index (χ3n) is 6.13. The van der Waals surface area contributed by atoms with Crippen LogP contribution >= 0.6 is 0 Å². The summed E-state index contributed by atoms with van der Waals surface area (Å²) in [6, 6.07) is 3.78. The first-order chi connectivity index (χ1) is 12.2. The van der Waals surface area contributed by atoms with Crippen molar-refractivity contribution in [3.63, 3.8) is 0 Å². The summed E-state index contributed by atoms with van der Waals surface area (Å²) in [4.78, 5) is 17.0. The zero-order valence-electron chi connectivity index (χ0n) is 14.8. The first-order valence-electron chi connectivity index (χ1n) is 9.51. The van der Waals surface area contributed by atoms with Crippen molar-refractivity contribution in [1.29, 1.82) is 0 Å². The van der Waals surface area contributed by atoms with Crippen molar-refractivity contribution < 1.29 is 4.79 Å². The molecule has 25 heavy (non-hydrogen) atoms. The van der Waals surface area contributed by atoms with Crippen LogP contribution in [0.15, 0.2) is 54.3 Å². The van der Waals surface area contributed by atoms with E-state index in [4.69, 9.17) is 0 Å². The van der Waals surface area contributed by atoms with E-state index in [-0.39, 0.29) is 5.91 Å². The Labute approximate surface area is 149 Å². The molecular formula is C22H26N2O. The maximum absolute atomic E-state index is 12.7. The van der Waals surface area contributed by atoms with Crippen LogP contribution < -0.4 is 5.32 Å². The van der Waals surface area contributed by atoms with Gasteiger partial charge >= 0.3 is 0 Å². The lowest BCUT2D eigenvalue weighted by Crippen LogP contribution is -2.29. The number of aryl methyl sites for hydroxylation is 1. The maximum Gasteiger partial charge on any atom is 0.251 e. The second-order valence-electron chi connectivity index (χ2n) is 7.59. The SMILES string of the molecule is Cc1ncccc1NC(=O)C1=CC2CCCC3C=CC=CC3C2CC1. The molecule has 4 rings (SSSR count). The highest BCUT2D eigenvalue weighted by molar-refractivity contribution is 6.04. The standard InChI is InChI=1S/C22H26N2O/c1-15-21(10-5-13-23-15)24-22(25)18-11-12-20-17(14-18)8-4-7-16-6-2-3-9-19(16)20/h2-3,5-6,9-10,13-14,16-17,19-20H,4,7-8,11-12H2,1H3,(H,24,25). The molecule has 1 amide bonds. The van der Waals surface area contributed by atoms with Crippen LogP contribution in [-0.4, -0.2) is 10.9 Å². The van der Waals surface area contributed by atoms with E-state index in [1.807, 2.05) is 19.1 Å². The summed E-state index contributed by atoms with van der Waals surface area (Å²) in [5.41, 5.74) is 2.64. The van der Waals surface area contributed by atoms with Crippen molar-refractivity contribution in [2.75, 3.05) is 5.32 Å². The number of carbonyl (C=O) groups is 1. The van der Waals surface area contributed by atoms with Crippen molar-refractivity contribution in [3.8, 4) is 0 Å². The minimum absolute atomic E-state index is 0.0504. The van der Waals surface area contributed by atoms with Gasteiger partial charge < -0.3 is 5.32 Å². The number of hydrogen-bond acceptors (Lipinski definition) is 2. The Morgan fingerprint density at radius 3 is 2.88 bits per heavy atom.